The highest BCUT2D eigenvalue weighted by Gasteiger charge is 2.11. The van der Waals surface area contributed by atoms with Gasteiger partial charge in [0.1, 0.15) is 0 Å². The van der Waals surface area contributed by atoms with Gasteiger partial charge in [0.05, 0.1) is 15.7 Å². The Morgan fingerprint density at radius 1 is 0.947 bits per heavy atom. The molecule has 0 saturated heterocycles. The van der Waals surface area contributed by atoms with Gasteiger partial charge in [-0.05, 0) is 30.3 Å². The van der Waals surface area contributed by atoms with Gasteiger partial charge in [-0.1, -0.05) is 52.5 Å². The van der Waals surface area contributed by atoms with E-state index >= 15 is 0 Å². The lowest BCUT2D eigenvalue weighted by Crippen LogP contribution is -2.12. The van der Waals surface area contributed by atoms with Crippen molar-refractivity contribution in [2.24, 2.45) is 0 Å². The molecule has 2 rings (SSSR count). The van der Waals surface area contributed by atoms with Crippen molar-refractivity contribution >= 4 is 58.0 Å². The third-order valence-electron chi connectivity index (χ3n) is 2.32. The van der Waals surface area contributed by atoms with Crippen LogP contribution < -0.4 is 5.32 Å². The van der Waals surface area contributed by atoms with E-state index in [1.165, 1.54) is 12.1 Å². The first-order valence-corrected chi connectivity index (χ1v) is 6.70. The van der Waals surface area contributed by atoms with Crippen LogP contribution in [0.4, 0.5) is 5.69 Å². The van der Waals surface area contributed by atoms with E-state index in [-0.39, 0.29) is 10.9 Å². The summed E-state index contributed by atoms with van der Waals surface area (Å²) >= 11 is 23.5. The topological polar surface area (TPSA) is 29.1 Å². The van der Waals surface area contributed by atoms with E-state index in [9.17, 15) is 4.79 Å². The lowest BCUT2D eigenvalue weighted by molar-refractivity contribution is 0.102. The van der Waals surface area contributed by atoms with Gasteiger partial charge < -0.3 is 5.32 Å². The second kappa shape index (κ2) is 6.02. The number of carbonyl (C=O) groups is 1. The summed E-state index contributed by atoms with van der Waals surface area (Å²) in [6, 6.07) is 9.55. The van der Waals surface area contributed by atoms with Crippen LogP contribution in [0.2, 0.25) is 20.1 Å². The van der Waals surface area contributed by atoms with E-state index in [0.717, 1.165) is 0 Å². The molecular weight excluding hydrogens is 328 g/mol. The summed E-state index contributed by atoms with van der Waals surface area (Å²) in [5.74, 6) is -0.367. The predicted molar refractivity (Wildman–Crippen MR) is 80.9 cm³/mol. The Labute approximate surface area is 130 Å². The van der Waals surface area contributed by atoms with Crippen LogP contribution in [0, 0.1) is 0 Å². The van der Waals surface area contributed by atoms with Crippen LogP contribution in [0.5, 0.6) is 0 Å². The first kappa shape index (κ1) is 14.5. The molecule has 0 saturated carbocycles. The van der Waals surface area contributed by atoms with E-state index < -0.39 is 0 Å². The fraction of sp³-hybridized carbons (Fsp3) is 0. The number of benzene rings is 2. The molecule has 19 heavy (non-hydrogen) atoms. The van der Waals surface area contributed by atoms with Crippen LogP contribution in [0.3, 0.4) is 0 Å². The highest BCUT2D eigenvalue weighted by Crippen LogP contribution is 2.30. The van der Waals surface area contributed by atoms with Gasteiger partial charge >= 0.3 is 0 Å². The van der Waals surface area contributed by atoms with E-state index in [1.807, 2.05) is 0 Å². The molecule has 0 aliphatic rings. The number of rotatable bonds is 2. The molecule has 0 unspecified atom stereocenters. The van der Waals surface area contributed by atoms with Gasteiger partial charge in [-0.25, -0.2) is 0 Å². The maximum Gasteiger partial charge on any atom is 0.255 e. The van der Waals surface area contributed by atoms with Crippen LogP contribution in [0.15, 0.2) is 36.4 Å². The molecule has 1 N–H and O–H groups in total. The zero-order chi connectivity index (χ0) is 14.0. The maximum atomic E-state index is 12.1. The number of hydrogen-bond acceptors (Lipinski definition) is 1. The lowest BCUT2D eigenvalue weighted by Gasteiger charge is -2.08. The second-order valence-corrected chi connectivity index (χ2v) is 5.37. The van der Waals surface area contributed by atoms with E-state index in [2.05, 4.69) is 5.32 Å². The van der Waals surface area contributed by atoms with E-state index in [4.69, 9.17) is 46.4 Å². The van der Waals surface area contributed by atoms with Gasteiger partial charge in [0, 0.05) is 15.6 Å². The van der Waals surface area contributed by atoms with Crippen molar-refractivity contribution in [3.63, 3.8) is 0 Å². The number of halogens is 4. The number of nitrogens with one attached hydrogen (secondary N) is 1. The summed E-state index contributed by atoms with van der Waals surface area (Å²) in [6.07, 6.45) is 0. The first-order valence-electron chi connectivity index (χ1n) is 5.19. The Kier molecular flexibility index (Phi) is 4.58. The molecule has 2 nitrogen and oxygen atoms in total. The number of carbonyl (C=O) groups excluding carboxylic acids is 1. The molecule has 98 valence electrons. The molecule has 0 radical (unpaired) electrons. The van der Waals surface area contributed by atoms with Crippen LogP contribution in [0.1, 0.15) is 10.4 Å². The minimum absolute atomic E-state index is 0.283. The smallest absolute Gasteiger partial charge is 0.255 e. The summed E-state index contributed by atoms with van der Waals surface area (Å²) < 4.78 is 0. The molecule has 0 bridgehead atoms. The van der Waals surface area contributed by atoms with Gasteiger partial charge in [-0.3, -0.25) is 4.79 Å². The number of amides is 1. The zero-order valence-electron chi connectivity index (χ0n) is 9.38. The van der Waals surface area contributed by atoms with Crippen molar-refractivity contribution in [1.29, 1.82) is 0 Å². The Morgan fingerprint density at radius 3 is 2.21 bits per heavy atom. The van der Waals surface area contributed by atoms with Gasteiger partial charge in [0.25, 0.3) is 5.91 Å². The largest absolute Gasteiger partial charge is 0.321 e. The molecule has 0 heterocycles. The molecule has 0 aromatic heterocycles. The summed E-state index contributed by atoms with van der Waals surface area (Å²) in [6.45, 7) is 0. The highest BCUT2D eigenvalue weighted by molar-refractivity contribution is 6.44. The van der Waals surface area contributed by atoms with Crippen molar-refractivity contribution in [3.8, 4) is 0 Å². The molecule has 1 amide bonds. The molecule has 0 aliphatic heterocycles. The third kappa shape index (κ3) is 3.54. The average Bonchev–Trinajstić information content (AvgIpc) is 2.33. The molecule has 2 aromatic carbocycles. The molecule has 0 aliphatic carbocycles. The molecule has 2 aromatic rings. The van der Waals surface area contributed by atoms with Crippen LogP contribution >= 0.6 is 46.4 Å². The molecule has 0 spiro atoms. The van der Waals surface area contributed by atoms with Crippen molar-refractivity contribution in [2.75, 3.05) is 5.32 Å². The maximum absolute atomic E-state index is 12.1. The summed E-state index contributed by atoms with van der Waals surface area (Å²) in [4.78, 5) is 12.1. The quantitative estimate of drug-likeness (QED) is 0.766. The number of anilines is 1. The van der Waals surface area contributed by atoms with Gasteiger partial charge in [-0.2, -0.15) is 0 Å². The van der Waals surface area contributed by atoms with Crippen molar-refractivity contribution in [3.05, 3.63) is 62.1 Å². The zero-order valence-corrected chi connectivity index (χ0v) is 12.4. The fourth-order valence-corrected chi connectivity index (χ4v) is 2.35. The van der Waals surface area contributed by atoms with Gasteiger partial charge in [0.15, 0.2) is 0 Å². The monoisotopic (exact) mass is 333 g/mol. The van der Waals surface area contributed by atoms with Gasteiger partial charge in [-0.15, -0.1) is 0 Å². The fourth-order valence-electron chi connectivity index (χ4n) is 1.48. The first-order chi connectivity index (χ1) is 8.97. The Morgan fingerprint density at radius 2 is 1.58 bits per heavy atom. The van der Waals surface area contributed by atoms with E-state index in [0.29, 0.717) is 26.3 Å². The SMILES string of the molecule is O=C(Nc1cccc(Cl)c1Cl)c1cc(Cl)cc(Cl)c1. The molecule has 0 fully saturated rings. The summed E-state index contributed by atoms with van der Waals surface area (Å²) in [5, 5.41) is 4.06. The lowest BCUT2D eigenvalue weighted by atomic mass is 10.2. The predicted octanol–water partition coefficient (Wildman–Crippen LogP) is 5.55. The minimum atomic E-state index is -0.367. The van der Waals surface area contributed by atoms with Gasteiger partial charge in [0.2, 0.25) is 0 Å². The second-order valence-electron chi connectivity index (χ2n) is 3.71. The highest BCUT2D eigenvalue weighted by atomic mass is 35.5. The number of hydrogen-bond donors (Lipinski definition) is 1. The minimum Gasteiger partial charge on any atom is -0.321 e. The van der Waals surface area contributed by atoms with Crippen molar-refractivity contribution in [2.45, 2.75) is 0 Å². The third-order valence-corrected chi connectivity index (χ3v) is 3.58. The Bertz CT molecular complexity index is 622. The van der Waals surface area contributed by atoms with Crippen molar-refractivity contribution < 1.29 is 4.79 Å². The Hall–Kier alpha value is -0.930. The average molecular weight is 335 g/mol. The van der Waals surface area contributed by atoms with Crippen molar-refractivity contribution in [1.82, 2.24) is 0 Å². The molecule has 6 heteroatoms. The van der Waals surface area contributed by atoms with Crippen LogP contribution in [0.25, 0.3) is 0 Å². The van der Waals surface area contributed by atoms with Crippen LogP contribution in [-0.2, 0) is 0 Å². The normalized spacial score (nSPS) is 10.3. The standard InChI is InChI=1S/C13H7Cl4NO/c14-8-4-7(5-9(15)6-8)13(19)18-11-3-1-2-10(16)12(11)17/h1-6H,(H,18,19). The summed E-state index contributed by atoms with van der Waals surface area (Å²) in [5.41, 5.74) is 0.767. The van der Waals surface area contributed by atoms with E-state index in [1.54, 1.807) is 24.3 Å². The molecular formula is C13H7Cl4NO. The Balaban J connectivity index is 2.28. The summed E-state index contributed by atoms with van der Waals surface area (Å²) in [7, 11) is 0. The molecule has 0 atom stereocenters. The van der Waals surface area contributed by atoms with Crippen LogP contribution in [-0.4, -0.2) is 5.91 Å².